The predicted molar refractivity (Wildman–Crippen MR) is 130 cm³/mol. The molecule has 0 aliphatic carbocycles. The molecule has 4 rings (SSSR count). The Kier molecular flexibility index (Phi) is 7.40. The molecule has 0 bridgehead atoms. The molecule has 1 aliphatic heterocycles. The Morgan fingerprint density at radius 2 is 2.00 bits per heavy atom. The van der Waals surface area contributed by atoms with E-state index in [1.807, 2.05) is 6.07 Å². The van der Waals surface area contributed by atoms with Crippen LogP contribution in [-0.4, -0.2) is 31.1 Å². The molecule has 0 saturated carbocycles. The number of benzene rings is 2. The molecule has 172 valence electrons. The van der Waals surface area contributed by atoms with E-state index in [0.717, 1.165) is 18.7 Å². The van der Waals surface area contributed by atoms with Gasteiger partial charge in [-0.3, -0.25) is 9.98 Å². The predicted octanol–water partition coefficient (Wildman–Crippen LogP) is 5.04. The number of hydrogen-bond donors (Lipinski definition) is 2. The van der Waals surface area contributed by atoms with Crippen LogP contribution in [0.5, 0.6) is 11.5 Å². The van der Waals surface area contributed by atoms with Gasteiger partial charge in [0.1, 0.15) is 5.75 Å². The van der Waals surface area contributed by atoms with E-state index >= 15 is 0 Å². The molecular formula is C26H30FN5O. The van der Waals surface area contributed by atoms with Crippen molar-refractivity contribution in [1.82, 2.24) is 15.6 Å². The number of rotatable bonds is 7. The van der Waals surface area contributed by atoms with Gasteiger partial charge in [0.15, 0.2) is 17.5 Å². The van der Waals surface area contributed by atoms with E-state index in [0.29, 0.717) is 18.3 Å². The number of halogens is 1. The van der Waals surface area contributed by atoms with Gasteiger partial charge in [-0.25, -0.2) is 4.39 Å². The van der Waals surface area contributed by atoms with E-state index in [-0.39, 0.29) is 11.8 Å². The number of aliphatic imine (C=N–C) groups is 1. The second-order valence-corrected chi connectivity index (χ2v) is 8.14. The molecule has 2 aromatic carbocycles. The van der Waals surface area contributed by atoms with Gasteiger partial charge in [0, 0.05) is 38.6 Å². The first-order valence-corrected chi connectivity index (χ1v) is 11.3. The smallest absolute Gasteiger partial charge is 0.191 e. The molecule has 1 saturated heterocycles. The molecule has 1 atom stereocenters. The highest BCUT2D eigenvalue weighted by atomic mass is 19.1. The van der Waals surface area contributed by atoms with Crippen LogP contribution in [0.1, 0.15) is 36.9 Å². The third kappa shape index (κ3) is 6.00. The molecule has 1 fully saturated rings. The number of guanidine groups is 1. The van der Waals surface area contributed by atoms with Crippen molar-refractivity contribution in [3.63, 3.8) is 0 Å². The van der Waals surface area contributed by atoms with Gasteiger partial charge in [-0.1, -0.05) is 18.2 Å². The molecule has 1 unspecified atom stereocenters. The van der Waals surface area contributed by atoms with Gasteiger partial charge in [-0.15, -0.1) is 0 Å². The molecule has 0 spiro atoms. The highest BCUT2D eigenvalue weighted by Gasteiger charge is 2.15. The summed E-state index contributed by atoms with van der Waals surface area (Å²) in [5, 5.41) is 6.69. The van der Waals surface area contributed by atoms with Crippen LogP contribution in [-0.2, 0) is 6.54 Å². The van der Waals surface area contributed by atoms with Crippen LogP contribution in [0.3, 0.4) is 0 Å². The second-order valence-electron chi connectivity index (χ2n) is 8.14. The minimum absolute atomic E-state index is 0.0748. The van der Waals surface area contributed by atoms with Crippen molar-refractivity contribution >= 4 is 11.6 Å². The van der Waals surface area contributed by atoms with E-state index in [1.54, 1.807) is 37.6 Å². The van der Waals surface area contributed by atoms with Crippen LogP contribution >= 0.6 is 0 Å². The fraction of sp³-hybridized carbons (Fsp3) is 0.308. The summed E-state index contributed by atoms with van der Waals surface area (Å²) in [6.45, 7) is 4.79. The number of aromatic nitrogens is 1. The minimum atomic E-state index is -0.423. The largest absolute Gasteiger partial charge is 0.453 e. The fourth-order valence-corrected chi connectivity index (χ4v) is 3.91. The summed E-state index contributed by atoms with van der Waals surface area (Å²) in [6.07, 6.45) is 5.70. The average molecular weight is 448 g/mol. The lowest BCUT2D eigenvalue weighted by molar-refractivity contribution is 0.440. The van der Waals surface area contributed by atoms with Crippen molar-refractivity contribution in [2.75, 3.05) is 25.0 Å². The zero-order valence-corrected chi connectivity index (χ0v) is 19.1. The van der Waals surface area contributed by atoms with Crippen LogP contribution in [0, 0.1) is 5.82 Å². The van der Waals surface area contributed by atoms with Gasteiger partial charge in [-0.05, 0) is 67.3 Å². The van der Waals surface area contributed by atoms with Crippen molar-refractivity contribution in [2.24, 2.45) is 4.99 Å². The molecule has 6 nitrogen and oxygen atoms in total. The molecule has 33 heavy (non-hydrogen) atoms. The van der Waals surface area contributed by atoms with Crippen LogP contribution in [0.2, 0.25) is 0 Å². The zero-order valence-electron chi connectivity index (χ0n) is 19.1. The average Bonchev–Trinajstić information content (AvgIpc) is 3.39. The topological polar surface area (TPSA) is 61.8 Å². The monoisotopic (exact) mass is 447 g/mol. The molecule has 7 heteroatoms. The third-order valence-corrected chi connectivity index (χ3v) is 5.74. The molecule has 2 N–H and O–H groups in total. The van der Waals surface area contributed by atoms with Crippen LogP contribution in [0.15, 0.2) is 72.0 Å². The maximum atomic E-state index is 14.5. The van der Waals surface area contributed by atoms with E-state index in [4.69, 9.17) is 4.74 Å². The maximum absolute atomic E-state index is 14.5. The molecule has 1 aliphatic rings. The van der Waals surface area contributed by atoms with Gasteiger partial charge < -0.3 is 20.3 Å². The summed E-state index contributed by atoms with van der Waals surface area (Å²) in [4.78, 5) is 10.7. The van der Waals surface area contributed by atoms with Crippen LogP contribution < -0.4 is 20.3 Å². The number of nitrogens with zero attached hydrogens (tertiary/aromatic N) is 3. The maximum Gasteiger partial charge on any atom is 0.191 e. The van der Waals surface area contributed by atoms with E-state index in [2.05, 4.69) is 56.7 Å². The summed E-state index contributed by atoms with van der Waals surface area (Å²) < 4.78 is 20.1. The minimum Gasteiger partial charge on any atom is -0.453 e. The van der Waals surface area contributed by atoms with Gasteiger partial charge in [0.05, 0.1) is 12.2 Å². The highest BCUT2D eigenvalue weighted by Crippen LogP contribution is 2.25. The molecule has 3 aromatic rings. The summed E-state index contributed by atoms with van der Waals surface area (Å²) >= 11 is 0. The zero-order chi connectivity index (χ0) is 23.0. The number of hydrogen-bond acceptors (Lipinski definition) is 4. The first kappa shape index (κ1) is 22.6. The summed E-state index contributed by atoms with van der Waals surface area (Å²) in [5.41, 5.74) is 3.26. The first-order chi connectivity index (χ1) is 16.1. The van der Waals surface area contributed by atoms with Gasteiger partial charge >= 0.3 is 0 Å². The SMILES string of the molecule is CN=C(NCc1ccc(Oc2cccnc2)c(F)c1)NC(C)c1cccc(N2CCCC2)c1. The standard InChI is InChI=1S/C26H30FN5O/c1-19(21-7-5-8-22(16-21)32-13-3-4-14-32)31-26(28-2)30-17-20-10-11-25(24(27)15-20)33-23-9-6-12-29-18-23/h5-12,15-16,18-19H,3-4,13-14,17H2,1-2H3,(H2,28,30,31). The van der Waals surface area contributed by atoms with Gasteiger partial charge in [0.25, 0.3) is 0 Å². The van der Waals surface area contributed by atoms with Crippen molar-refractivity contribution in [3.05, 3.63) is 83.9 Å². The first-order valence-electron chi connectivity index (χ1n) is 11.3. The molecule has 0 amide bonds. The normalized spacial score (nSPS) is 14.8. The van der Waals surface area contributed by atoms with Crippen molar-refractivity contribution in [2.45, 2.75) is 32.4 Å². The quantitative estimate of drug-likeness (QED) is 0.393. The third-order valence-electron chi connectivity index (χ3n) is 5.74. The number of ether oxygens (including phenoxy) is 1. The Morgan fingerprint density at radius 1 is 1.15 bits per heavy atom. The van der Waals surface area contributed by atoms with Gasteiger partial charge in [-0.2, -0.15) is 0 Å². The molecule has 0 radical (unpaired) electrons. The fourth-order valence-electron chi connectivity index (χ4n) is 3.91. The number of nitrogens with one attached hydrogen (secondary N) is 2. The summed E-state index contributed by atoms with van der Waals surface area (Å²) in [5.74, 6) is 0.897. The van der Waals surface area contributed by atoms with Crippen molar-refractivity contribution < 1.29 is 9.13 Å². The highest BCUT2D eigenvalue weighted by molar-refractivity contribution is 5.80. The van der Waals surface area contributed by atoms with E-state index in [9.17, 15) is 4.39 Å². The molecular weight excluding hydrogens is 417 g/mol. The Hall–Kier alpha value is -3.61. The lowest BCUT2D eigenvalue weighted by atomic mass is 10.1. The summed E-state index contributed by atoms with van der Waals surface area (Å²) in [7, 11) is 1.73. The lowest BCUT2D eigenvalue weighted by Gasteiger charge is -2.22. The van der Waals surface area contributed by atoms with Crippen molar-refractivity contribution in [3.8, 4) is 11.5 Å². The van der Waals surface area contributed by atoms with Crippen molar-refractivity contribution in [1.29, 1.82) is 0 Å². The second kappa shape index (κ2) is 10.8. The number of pyridine rings is 1. The molecule has 1 aromatic heterocycles. The summed E-state index contributed by atoms with van der Waals surface area (Å²) in [6, 6.07) is 17.1. The van der Waals surface area contributed by atoms with Gasteiger partial charge in [0.2, 0.25) is 0 Å². The Balaban J connectivity index is 1.34. The lowest BCUT2D eigenvalue weighted by Crippen LogP contribution is -2.38. The van der Waals surface area contributed by atoms with Crippen LogP contribution in [0.25, 0.3) is 0 Å². The van der Waals surface area contributed by atoms with E-state index in [1.165, 1.54) is 30.2 Å². The van der Waals surface area contributed by atoms with E-state index < -0.39 is 5.82 Å². The van der Waals surface area contributed by atoms with Crippen LogP contribution in [0.4, 0.5) is 10.1 Å². The molecule has 2 heterocycles. The Bertz CT molecular complexity index is 1080. The Morgan fingerprint density at radius 3 is 2.73 bits per heavy atom. The number of anilines is 1. The Labute approximate surface area is 194 Å².